The number of carbonyl (C=O) groups excluding carboxylic acids is 1. The molecule has 126 valence electrons. The summed E-state index contributed by atoms with van der Waals surface area (Å²) in [5.74, 6) is 0.245. The molecule has 2 aromatic rings. The number of nitrogens with zero attached hydrogens (tertiary/aromatic N) is 2. The first-order valence-corrected chi connectivity index (χ1v) is 7.81. The van der Waals surface area contributed by atoms with Gasteiger partial charge in [0.15, 0.2) is 0 Å². The molecule has 1 aromatic carbocycles. The summed E-state index contributed by atoms with van der Waals surface area (Å²) < 4.78 is 7.02. The van der Waals surface area contributed by atoms with Gasteiger partial charge in [-0.1, -0.05) is 0 Å². The molecule has 1 N–H and O–H groups in total. The molecular weight excluding hydrogens is 306 g/mol. The van der Waals surface area contributed by atoms with Crippen LogP contribution in [0.2, 0.25) is 0 Å². The number of benzene rings is 1. The number of rotatable bonds is 6. The average Bonchev–Trinajstić information content (AvgIpc) is 2.56. The van der Waals surface area contributed by atoms with Gasteiger partial charge in [-0.25, -0.2) is 5.43 Å². The Morgan fingerprint density at radius 1 is 1.29 bits per heavy atom. The minimum atomic E-state index is -0.529. The predicted octanol–water partition coefficient (Wildman–Crippen LogP) is 2.42. The Bertz CT molecular complexity index is 777. The van der Waals surface area contributed by atoms with Gasteiger partial charge in [0, 0.05) is 12.7 Å². The lowest BCUT2D eigenvalue weighted by atomic mass is 10.2. The molecule has 0 fully saturated rings. The van der Waals surface area contributed by atoms with E-state index in [2.05, 4.69) is 10.5 Å². The second kappa shape index (κ2) is 8.10. The maximum absolute atomic E-state index is 12.0. The van der Waals surface area contributed by atoms with Crippen molar-refractivity contribution in [3.63, 3.8) is 0 Å². The van der Waals surface area contributed by atoms with E-state index in [-0.39, 0.29) is 17.2 Å². The minimum absolute atomic E-state index is 0.0668. The van der Waals surface area contributed by atoms with Crippen LogP contribution < -0.4 is 15.7 Å². The van der Waals surface area contributed by atoms with Crippen LogP contribution >= 0.6 is 0 Å². The highest BCUT2D eigenvalue weighted by molar-refractivity contribution is 5.94. The van der Waals surface area contributed by atoms with Crippen molar-refractivity contribution in [1.82, 2.24) is 9.99 Å². The number of hydrogen-bond donors (Lipinski definition) is 1. The maximum Gasteiger partial charge on any atom is 0.276 e. The van der Waals surface area contributed by atoms with E-state index in [4.69, 9.17) is 4.74 Å². The first kappa shape index (κ1) is 17.5. The number of pyridine rings is 1. The average molecular weight is 327 g/mol. The number of amides is 1. The minimum Gasteiger partial charge on any atom is -0.491 e. The fraction of sp³-hybridized carbons (Fsp3) is 0.278. The van der Waals surface area contributed by atoms with Gasteiger partial charge in [-0.3, -0.25) is 9.59 Å². The van der Waals surface area contributed by atoms with E-state index in [0.717, 1.165) is 11.3 Å². The molecule has 0 spiro atoms. The van der Waals surface area contributed by atoms with Crippen LogP contribution in [0.3, 0.4) is 0 Å². The molecule has 0 bridgehead atoms. The van der Waals surface area contributed by atoms with Crippen molar-refractivity contribution in [3.05, 3.63) is 64.1 Å². The molecule has 6 nitrogen and oxygen atoms in total. The fourth-order valence-electron chi connectivity index (χ4n) is 2.09. The van der Waals surface area contributed by atoms with Crippen molar-refractivity contribution in [2.45, 2.75) is 33.4 Å². The third-order valence-corrected chi connectivity index (χ3v) is 3.24. The Morgan fingerprint density at radius 3 is 2.62 bits per heavy atom. The molecule has 24 heavy (non-hydrogen) atoms. The third kappa shape index (κ3) is 4.55. The van der Waals surface area contributed by atoms with Gasteiger partial charge in [0.25, 0.3) is 11.5 Å². The summed E-state index contributed by atoms with van der Waals surface area (Å²) in [6, 6.07) is 10.5. The Labute approximate surface area is 140 Å². The van der Waals surface area contributed by atoms with Gasteiger partial charge in [0.05, 0.1) is 12.3 Å². The lowest BCUT2D eigenvalue weighted by Crippen LogP contribution is -2.30. The summed E-state index contributed by atoms with van der Waals surface area (Å²) >= 11 is 0. The van der Waals surface area contributed by atoms with Crippen LogP contribution in [0.15, 0.2) is 52.5 Å². The van der Waals surface area contributed by atoms with Gasteiger partial charge < -0.3 is 9.30 Å². The Morgan fingerprint density at radius 2 is 2.00 bits per heavy atom. The SMILES string of the molecule is CCn1cccc(C(=O)N/N=C\c2ccc(OC(C)C)cc2)c1=O. The van der Waals surface area contributed by atoms with Gasteiger partial charge in [0.2, 0.25) is 0 Å². The van der Waals surface area contributed by atoms with Gasteiger partial charge in [-0.15, -0.1) is 0 Å². The molecule has 1 amide bonds. The van der Waals surface area contributed by atoms with Crippen LogP contribution in [0, 0.1) is 0 Å². The summed E-state index contributed by atoms with van der Waals surface area (Å²) in [4.78, 5) is 24.1. The van der Waals surface area contributed by atoms with Crippen molar-refractivity contribution in [3.8, 4) is 5.75 Å². The summed E-state index contributed by atoms with van der Waals surface area (Å²) in [6.07, 6.45) is 3.27. The quantitative estimate of drug-likeness (QED) is 0.654. The summed E-state index contributed by atoms with van der Waals surface area (Å²) in [7, 11) is 0. The monoisotopic (exact) mass is 327 g/mol. The molecule has 0 aliphatic carbocycles. The molecular formula is C18H21N3O3. The van der Waals surface area contributed by atoms with Crippen LogP contribution in [0.4, 0.5) is 0 Å². The molecule has 0 saturated carbocycles. The highest BCUT2D eigenvalue weighted by atomic mass is 16.5. The van der Waals surface area contributed by atoms with E-state index in [1.54, 1.807) is 12.3 Å². The Kier molecular flexibility index (Phi) is 5.89. The van der Waals surface area contributed by atoms with Crippen LogP contribution in [0.5, 0.6) is 5.75 Å². The Hall–Kier alpha value is -2.89. The first-order chi connectivity index (χ1) is 11.5. The lowest BCUT2D eigenvalue weighted by Gasteiger charge is -2.09. The molecule has 0 unspecified atom stereocenters. The number of hydrogen-bond acceptors (Lipinski definition) is 4. The first-order valence-electron chi connectivity index (χ1n) is 7.81. The van der Waals surface area contributed by atoms with Gasteiger partial charge >= 0.3 is 0 Å². The number of ether oxygens (including phenoxy) is 1. The molecule has 0 radical (unpaired) electrons. The number of nitrogens with one attached hydrogen (secondary N) is 1. The summed E-state index contributed by atoms with van der Waals surface area (Å²) in [5, 5.41) is 3.89. The highest BCUT2D eigenvalue weighted by Gasteiger charge is 2.10. The maximum atomic E-state index is 12.0. The standard InChI is InChI=1S/C18H21N3O3/c1-4-21-11-5-6-16(18(21)23)17(22)20-19-12-14-7-9-15(10-8-14)24-13(2)3/h5-13H,4H2,1-3H3,(H,20,22)/b19-12-. The van der Waals surface area contributed by atoms with Crippen LogP contribution in [-0.2, 0) is 6.54 Å². The zero-order chi connectivity index (χ0) is 17.5. The molecule has 6 heteroatoms. The third-order valence-electron chi connectivity index (χ3n) is 3.24. The zero-order valence-electron chi connectivity index (χ0n) is 14.0. The van der Waals surface area contributed by atoms with E-state index in [1.165, 1.54) is 16.8 Å². The molecule has 0 aliphatic heterocycles. The van der Waals surface area contributed by atoms with E-state index in [9.17, 15) is 9.59 Å². The largest absolute Gasteiger partial charge is 0.491 e. The summed E-state index contributed by atoms with van der Waals surface area (Å²) in [6.45, 7) is 6.27. The van der Waals surface area contributed by atoms with E-state index < -0.39 is 5.91 Å². The molecule has 2 rings (SSSR count). The fourth-order valence-corrected chi connectivity index (χ4v) is 2.09. The predicted molar refractivity (Wildman–Crippen MR) is 93.6 cm³/mol. The number of carbonyl (C=O) groups is 1. The van der Waals surface area contributed by atoms with E-state index in [0.29, 0.717) is 6.54 Å². The van der Waals surface area contributed by atoms with Crippen LogP contribution in [-0.4, -0.2) is 22.8 Å². The molecule has 0 aliphatic rings. The van der Waals surface area contributed by atoms with Crippen LogP contribution in [0.1, 0.15) is 36.7 Å². The number of aryl methyl sites for hydroxylation is 1. The molecule has 1 heterocycles. The van der Waals surface area contributed by atoms with Crippen molar-refractivity contribution >= 4 is 12.1 Å². The van der Waals surface area contributed by atoms with Crippen molar-refractivity contribution in [1.29, 1.82) is 0 Å². The molecule has 0 atom stereocenters. The number of hydrazone groups is 1. The van der Waals surface area contributed by atoms with Crippen molar-refractivity contribution < 1.29 is 9.53 Å². The molecule has 1 aromatic heterocycles. The second-order valence-electron chi connectivity index (χ2n) is 5.45. The second-order valence-corrected chi connectivity index (χ2v) is 5.45. The normalized spacial score (nSPS) is 11.0. The van der Waals surface area contributed by atoms with Gasteiger partial charge in [-0.2, -0.15) is 5.10 Å². The number of aromatic nitrogens is 1. The van der Waals surface area contributed by atoms with Crippen molar-refractivity contribution in [2.75, 3.05) is 0 Å². The topological polar surface area (TPSA) is 72.7 Å². The van der Waals surface area contributed by atoms with Gasteiger partial charge in [-0.05, 0) is 62.7 Å². The Balaban J connectivity index is 2.01. The summed E-state index contributed by atoms with van der Waals surface area (Å²) in [5.41, 5.74) is 2.92. The highest BCUT2D eigenvalue weighted by Crippen LogP contribution is 2.12. The van der Waals surface area contributed by atoms with E-state index >= 15 is 0 Å². The smallest absolute Gasteiger partial charge is 0.276 e. The van der Waals surface area contributed by atoms with E-state index in [1.807, 2.05) is 45.0 Å². The van der Waals surface area contributed by atoms with Crippen molar-refractivity contribution in [2.24, 2.45) is 5.10 Å². The lowest BCUT2D eigenvalue weighted by molar-refractivity contribution is 0.0953. The van der Waals surface area contributed by atoms with Crippen LogP contribution in [0.25, 0.3) is 0 Å². The van der Waals surface area contributed by atoms with Gasteiger partial charge in [0.1, 0.15) is 11.3 Å². The zero-order valence-corrected chi connectivity index (χ0v) is 14.0. The molecule has 0 saturated heterocycles.